The molecule has 1 atom stereocenters. The highest BCUT2D eigenvalue weighted by molar-refractivity contribution is 5.95. The molecule has 6 heteroatoms. The van der Waals surface area contributed by atoms with Gasteiger partial charge < -0.3 is 10.1 Å². The second-order valence-electron chi connectivity index (χ2n) is 6.33. The van der Waals surface area contributed by atoms with Crippen LogP contribution >= 0.6 is 0 Å². The van der Waals surface area contributed by atoms with Crippen LogP contribution in [0.15, 0.2) is 42.5 Å². The van der Waals surface area contributed by atoms with Crippen LogP contribution in [-0.2, 0) is 23.8 Å². The first kappa shape index (κ1) is 18.3. The molecule has 0 aliphatic heterocycles. The zero-order valence-electron chi connectivity index (χ0n) is 14.4. The lowest BCUT2D eigenvalue weighted by Gasteiger charge is -2.19. The number of nitrogens with one attached hydrogen (secondary N) is 1. The fourth-order valence-electron chi connectivity index (χ4n) is 3.16. The monoisotopic (exact) mass is 363 g/mol. The molecule has 0 aromatic heterocycles. The van der Waals surface area contributed by atoms with E-state index < -0.39 is 23.8 Å². The van der Waals surface area contributed by atoms with Crippen molar-refractivity contribution in [3.8, 4) is 5.75 Å². The number of para-hydroxylation sites is 1. The van der Waals surface area contributed by atoms with E-state index in [2.05, 4.69) is 5.32 Å². The highest BCUT2D eigenvalue weighted by Gasteiger charge is 2.34. The van der Waals surface area contributed by atoms with Crippen LogP contribution in [0.3, 0.4) is 0 Å². The van der Waals surface area contributed by atoms with E-state index in [4.69, 9.17) is 4.74 Å². The average molecular weight is 363 g/mol. The lowest BCUT2D eigenvalue weighted by Crippen LogP contribution is -2.33. The van der Waals surface area contributed by atoms with E-state index in [1.54, 1.807) is 6.92 Å². The molecule has 1 aliphatic carbocycles. The van der Waals surface area contributed by atoms with Gasteiger partial charge >= 0.3 is 6.18 Å². The summed E-state index contributed by atoms with van der Waals surface area (Å²) in [4.78, 5) is 12.5. The van der Waals surface area contributed by atoms with Crippen LogP contribution in [0.5, 0.6) is 5.75 Å². The maximum atomic E-state index is 13.1. The van der Waals surface area contributed by atoms with E-state index in [0.29, 0.717) is 12.2 Å². The predicted molar refractivity (Wildman–Crippen MR) is 93.2 cm³/mol. The number of hydrogen-bond donors (Lipinski definition) is 1. The molecule has 0 radical (unpaired) electrons. The zero-order chi connectivity index (χ0) is 18.7. The Morgan fingerprint density at radius 2 is 1.88 bits per heavy atom. The molecule has 2 aromatic rings. The third kappa shape index (κ3) is 4.00. The van der Waals surface area contributed by atoms with E-state index in [-0.39, 0.29) is 5.69 Å². The molecule has 0 saturated heterocycles. The van der Waals surface area contributed by atoms with Crippen LogP contribution < -0.4 is 10.1 Å². The molecule has 2 aromatic carbocycles. The second kappa shape index (κ2) is 7.40. The van der Waals surface area contributed by atoms with Crippen LogP contribution in [0, 0.1) is 0 Å². The number of ether oxygens (including phenoxy) is 1. The number of fused-ring (bicyclic) bond motifs is 1. The van der Waals surface area contributed by atoms with E-state index in [1.165, 1.54) is 29.3 Å². The summed E-state index contributed by atoms with van der Waals surface area (Å²) in [7, 11) is 0. The number of halogens is 3. The number of anilines is 1. The quantitative estimate of drug-likeness (QED) is 0.813. The minimum absolute atomic E-state index is 0.263. The van der Waals surface area contributed by atoms with Crippen LogP contribution in [0.25, 0.3) is 0 Å². The molecule has 1 aliphatic rings. The third-order valence-electron chi connectivity index (χ3n) is 4.50. The largest absolute Gasteiger partial charge is 0.481 e. The first-order valence-electron chi connectivity index (χ1n) is 8.64. The van der Waals surface area contributed by atoms with Crippen molar-refractivity contribution < 1.29 is 22.7 Å². The Hall–Kier alpha value is -2.50. The zero-order valence-corrected chi connectivity index (χ0v) is 14.4. The molecule has 0 heterocycles. The molecule has 0 saturated carbocycles. The summed E-state index contributed by atoms with van der Waals surface area (Å²) in [6, 6.07) is 10.6. The predicted octanol–water partition coefficient (Wildman–Crippen LogP) is 4.99. The normalized spacial score (nSPS) is 14.6. The van der Waals surface area contributed by atoms with E-state index >= 15 is 0 Å². The Morgan fingerprint density at radius 1 is 1.15 bits per heavy atom. The molecule has 0 spiro atoms. The van der Waals surface area contributed by atoms with Crippen molar-refractivity contribution in [1.82, 2.24) is 0 Å². The van der Waals surface area contributed by atoms with E-state index in [0.717, 1.165) is 25.3 Å². The average Bonchev–Trinajstić information content (AvgIpc) is 3.06. The highest BCUT2D eigenvalue weighted by Crippen LogP contribution is 2.34. The van der Waals surface area contributed by atoms with Gasteiger partial charge in [0.05, 0.1) is 11.3 Å². The summed E-state index contributed by atoms with van der Waals surface area (Å²) in [6.07, 6.45) is -1.93. The number of aryl methyl sites for hydroxylation is 2. The topological polar surface area (TPSA) is 38.3 Å². The number of amides is 1. The number of alkyl halides is 3. The van der Waals surface area contributed by atoms with Gasteiger partial charge in [0.2, 0.25) is 0 Å². The smallest absolute Gasteiger partial charge is 0.418 e. The Balaban J connectivity index is 1.74. The first-order valence-corrected chi connectivity index (χ1v) is 8.64. The first-order chi connectivity index (χ1) is 12.4. The van der Waals surface area contributed by atoms with Crippen LogP contribution in [0.1, 0.15) is 36.5 Å². The van der Waals surface area contributed by atoms with Gasteiger partial charge in [0, 0.05) is 0 Å². The molecular formula is C20H20F3NO2. The molecule has 0 bridgehead atoms. The molecule has 1 N–H and O–H groups in total. The molecule has 3 nitrogen and oxygen atoms in total. The second-order valence-corrected chi connectivity index (χ2v) is 6.33. The van der Waals surface area contributed by atoms with Crippen molar-refractivity contribution in [2.24, 2.45) is 0 Å². The number of hydrogen-bond acceptors (Lipinski definition) is 2. The summed E-state index contributed by atoms with van der Waals surface area (Å²) in [5.41, 5.74) is 1.36. The van der Waals surface area contributed by atoms with Gasteiger partial charge in [0.1, 0.15) is 5.75 Å². The number of benzene rings is 2. The lowest BCUT2D eigenvalue weighted by atomic mass is 10.1. The van der Waals surface area contributed by atoms with Gasteiger partial charge in [-0.1, -0.05) is 25.1 Å². The number of rotatable bonds is 5. The van der Waals surface area contributed by atoms with Gasteiger partial charge in [-0.15, -0.1) is 0 Å². The minimum atomic E-state index is -4.54. The molecule has 3 rings (SSSR count). The van der Waals surface area contributed by atoms with Gasteiger partial charge in [-0.05, 0) is 61.1 Å². The van der Waals surface area contributed by atoms with Crippen LogP contribution in [-0.4, -0.2) is 12.0 Å². The standard InChI is InChI=1S/C20H20F3NO2/c1-2-18(26-15-11-10-13-6-5-7-14(13)12-15)19(25)24-17-9-4-3-8-16(17)20(21,22)23/h3-4,8-12,18H,2,5-7H2,1H3,(H,24,25). The fourth-order valence-corrected chi connectivity index (χ4v) is 3.16. The highest BCUT2D eigenvalue weighted by atomic mass is 19.4. The SMILES string of the molecule is CCC(Oc1ccc2c(c1)CCC2)C(=O)Nc1ccccc1C(F)(F)F. The fraction of sp³-hybridized carbons (Fsp3) is 0.350. The van der Waals surface area contributed by atoms with Gasteiger partial charge in [0.15, 0.2) is 6.10 Å². The number of carbonyl (C=O) groups excluding carboxylic acids is 1. The summed E-state index contributed by atoms with van der Waals surface area (Å²) >= 11 is 0. The lowest BCUT2D eigenvalue weighted by molar-refractivity contribution is -0.137. The number of carbonyl (C=O) groups is 1. The third-order valence-corrected chi connectivity index (χ3v) is 4.50. The van der Waals surface area contributed by atoms with Gasteiger partial charge in [-0.2, -0.15) is 13.2 Å². The van der Waals surface area contributed by atoms with E-state index in [1.807, 2.05) is 18.2 Å². The Bertz CT molecular complexity index is 802. The molecule has 1 amide bonds. The Morgan fingerprint density at radius 3 is 2.62 bits per heavy atom. The molecule has 138 valence electrons. The van der Waals surface area contributed by atoms with Crippen molar-refractivity contribution in [3.05, 3.63) is 59.2 Å². The minimum Gasteiger partial charge on any atom is -0.481 e. The van der Waals surface area contributed by atoms with Gasteiger partial charge in [0.25, 0.3) is 5.91 Å². The van der Waals surface area contributed by atoms with Crippen LogP contribution in [0.2, 0.25) is 0 Å². The van der Waals surface area contributed by atoms with Crippen molar-refractivity contribution in [3.63, 3.8) is 0 Å². The molecule has 26 heavy (non-hydrogen) atoms. The van der Waals surface area contributed by atoms with Gasteiger partial charge in [-0.3, -0.25) is 4.79 Å². The summed E-state index contributed by atoms with van der Waals surface area (Å²) < 4.78 is 45.0. The van der Waals surface area contributed by atoms with Crippen molar-refractivity contribution in [2.75, 3.05) is 5.32 Å². The maximum absolute atomic E-state index is 13.1. The van der Waals surface area contributed by atoms with E-state index in [9.17, 15) is 18.0 Å². The summed E-state index contributed by atoms with van der Waals surface area (Å²) in [5, 5.41) is 2.36. The molecule has 1 unspecified atom stereocenters. The van der Waals surface area contributed by atoms with Crippen molar-refractivity contribution in [1.29, 1.82) is 0 Å². The van der Waals surface area contributed by atoms with Gasteiger partial charge in [-0.25, -0.2) is 0 Å². The van der Waals surface area contributed by atoms with Crippen molar-refractivity contribution in [2.45, 2.75) is 44.9 Å². The molecule has 0 fully saturated rings. The van der Waals surface area contributed by atoms with Crippen LogP contribution in [0.4, 0.5) is 18.9 Å². The van der Waals surface area contributed by atoms with Crippen molar-refractivity contribution >= 4 is 11.6 Å². The Kier molecular flexibility index (Phi) is 5.20. The maximum Gasteiger partial charge on any atom is 0.418 e. The summed E-state index contributed by atoms with van der Waals surface area (Å²) in [6.45, 7) is 1.76. The molecular weight excluding hydrogens is 343 g/mol. The Labute approximate surface area is 150 Å². The summed E-state index contributed by atoms with van der Waals surface area (Å²) in [5.74, 6) is -0.0264.